The lowest BCUT2D eigenvalue weighted by atomic mass is 10.2. The first kappa shape index (κ1) is 19.7. The highest BCUT2D eigenvalue weighted by molar-refractivity contribution is 5.86. The summed E-state index contributed by atoms with van der Waals surface area (Å²) in [6.07, 6.45) is -5.05. The van der Waals surface area contributed by atoms with Gasteiger partial charge in [-0.15, -0.1) is 0 Å². The Morgan fingerprint density at radius 3 is 1.95 bits per heavy atom. The van der Waals surface area contributed by atoms with Gasteiger partial charge < -0.3 is 0 Å². The summed E-state index contributed by atoms with van der Waals surface area (Å²) >= 11 is 0. The molecule has 9 heteroatoms. The second kappa shape index (κ2) is 8.18. The van der Waals surface area contributed by atoms with Gasteiger partial charge in [0.1, 0.15) is 0 Å². The molecule has 0 atom stereocenters. The van der Waals surface area contributed by atoms with E-state index in [0.717, 1.165) is 0 Å². The van der Waals surface area contributed by atoms with Crippen LogP contribution in [-0.4, -0.2) is 47.6 Å². The number of carbonyl (C=O) groups excluding carboxylic acids is 2. The van der Waals surface area contributed by atoms with Crippen LogP contribution in [-0.2, 0) is 9.59 Å². The Labute approximate surface area is 122 Å². The Morgan fingerprint density at radius 1 is 1.10 bits per heavy atom. The maximum atomic E-state index is 12.3. The second-order valence-corrected chi connectivity index (χ2v) is 5.66. The zero-order valence-electron chi connectivity index (χ0n) is 12.7. The van der Waals surface area contributed by atoms with E-state index in [0.29, 0.717) is 11.6 Å². The number of hydrazine groups is 2. The van der Waals surface area contributed by atoms with Gasteiger partial charge in [-0.3, -0.25) is 25.9 Å². The summed E-state index contributed by atoms with van der Waals surface area (Å²) in [5.74, 6) is 2.83. The highest BCUT2D eigenvalue weighted by atomic mass is 19.4. The Bertz CT molecular complexity index is 359. The number of nitrogens with one attached hydrogen (secondary N) is 1. The highest BCUT2D eigenvalue weighted by Gasteiger charge is 2.40. The molecule has 6 nitrogen and oxygen atoms in total. The minimum absolute atomic E-state index is 0.0316. The van der Waals surface area contributed by atoms with Gasteiger partial charge in [0.25, 0.3) is 5.91 Å². The number of hydrogen-bond acceptors (Lipinski definition) is 4. The fraction of sp³-hybridized carbons (Fsp3) is 0.833. The van der Waals surface area contributed by atoms with Gasteiger partial charge in [0.05, 0.1) is 6.54 Å². The molecule has 0 aliphatic heterocycles. The first-order chi connectivity index (χ1) is 9.43. The molecule has 0 radical (unpaired) electrons. The molecule has 0 aliphatic carbocycles. The number of carbonyl (C=O) groups is 2. The van der Waals surface area contributed by atoms with Gasteiger partial charge in [-0.25, -0.2) is 5.01 Å². The third-order valence-electron chi connectivity index (χ3n) is 2.28. The highest BCUT2D eigenvalue weighted by Crippen LogP contribution is 2.14. The van der Waals surface area contributed by atoms with E-state index < -0.39 is 18.0 Å². The molecule has 0 aromatic heterocycles. The van der Waals surface area contributed by atoms with Crippen molar-refractivity contribution in [3.05, 3.63) is 0 Å². The number of hydrogen-bond donors (Lipinski definition) is 2. The lowest BCUT2D eigenvalue weighted by molar-refractivity contribution is -0.180. The quantitative estimate of drug-likeness (QED) is 0.564. The first-order valence-corrected chi connectivity index (χ1v) is 6.61. The zero-order valence-corrected chi connectivity index (χ0v) is 12.7. The molecule has 0 aromatic rings. The van der Waals surface area contributed by atoms with Crippen molar-refractivity contribution in [1.29, 1.82) is 0 Å². The first-order valence-electron chi connectivity index (χ1n) is 6.61. The van der Waals surface area contributed by atoms with E-state index in [1.807, 2.05) is 13.8 Å². The lowest BCUT2D eigenvalue weighted by Crippen LogP contribution is -2.55. The fourth-order valence-electron chi connectivity index (χ4n) is 1.55. The van der Waals surface area contributed by atoms with Crippen LogP contribution in [0.3, 0.4) is 0 Å². The SMILES string of the molecule is CC(C)CN(N)CC(=O)N(CC(C)C)NC(=O)C(F)(F)F. The van der Waals surface area contributed by atoms with Gasteiger partial charge >= 0.3 is 12.1 Å². The van der Waals surface area contributed by atoms with Crippen molar-refractivity contribution in [3.63, 3.8) is 0 Å². The standard InChI is InChI=1S/C12H23F3N4O2/c1-8(2)5-18(16)7-10(20)19(6-9(3)4)17-11(21)12(13,14)15/h8-9H,5-7,16H2,1-4H3,(H,17,21). The summed E-state index contributed by atoms with van der Waals surface area (Å²) < 4.78 is 36.8. The van der Waals surface area contributed by atoms with Gasteiger partial charge in [0.15, 0.2) is 0 Å². The molecule has 124 valence electrons. The van der Waals surface area contributed by atoms with Crippen LogP contribution in [0.15, 0.2) is 0 Å². The summed E-state index contributed by atoms with van der Waals surface area (Å²) in [5.41, 5.74) is 1.58. The Hall–Kier alpha value is -1.35. The van der Waals surface area contributed by atoms with E-state index in [1.165, 1.54) is 5.01 Å². The molecule has 0 aromatic carbocycles. The summed E-state index contributed by atoms with van der Waals surface area (Å²) in [7, 11) is 0. The third kappa shape index (κ3) is 8.51. The van der Waals surface area contributed by atoms with E-state index >= 15 is 0 Å². The molecule has 0 aliphatic rings. The Kier molecular flexibility index (Phi) is 7.65. The monoisotopic (exact) mass is 312 g/mol. The van der Waals surface area contributed by atoms with Crippen LogP contribution in [0.2, 0.25) is 0 Å². The summed E-state index contributed by atoms with van der Waals surface area (Å²) in [5, 5.41) is 1.88. The van der Waals surface area contributed by atoms with Crippen molar-refractivity contribution in [3.8, 4) is 0 Å². The van der Waals surface area contributed by atoms with E-state index in [2.05, 4.69) is 0 Å². The molecular formula is C12H23F3N4O2. The van der Waals surface area contributed by atoms with E-state index in [1.54, 1.807) is 19.3 Å². The average molecular weight is 312 g/mol. The molecule has 0 rings (SSSR count). The Balaban J connectivity index is 4.74. The van der Waals surface area contributed by atoms with Crippen molar-refractivity contribution in [2.75, 3.05) is 19.6 Å². The molecule has 0 heterocycles. The number of nitrogens with two attached hydrogens (primary N) is 1. The fourth-order valence-corrected chi connectivity index (χ4v) is 1.55. The van der Waals surface area contributed by atoms with Gasteiger partial charge in [0, 0.05) is 13.1 Å². The van der Waals surface area contributed by atoms with Crippen LogP contribution < -0.4 is 11.3 Å². The van der Waals surface area contributed by atoms with E-state index in [-0.39, 0.29) is 24.9 Å². The summed E-state index contributed by atoms with van der Waals surface area (Å²) in [6.45, 7) is 7.32. The maximum Gasteiger partial charge on any atom is 0.472 e. The minimum atomic E-state index is -5.05. The van der Waals surface area contributed by atoms with Crippen molar-refractivity contribution in [2.45, 2.75) is 33.9 Å². The number of alkyl halides is 3. The van der Waals surface area contributed by atoms with E-state index in [4.69, 9.17) is 5.84 Å². The van der Waals surface area contributed by atoms with Crippen LogP contribution in [0.25, 0.3) is 0 Å². The second-order valence-electron chi connectivity index (χ2n) is 5.66. The van der Waals surface area contributed by atoms with Crippen LogP contribution in [0.1, 0.15) is 27.7 Å². The number of nitrogens with zero attached hydrogens (tertiary/aromatic N) is 2. The summed E-state index contributed by atoms with van der Waals surface area (Å²) in [6, 6.07) is 0. The molecule has 21 heavy (non-hydrogen) atoms. The summed E-state index contributed by atoms with van der Waals surface area (Å²) in [4.78, 5) is 22.9. The molecular weight excluding hydrogens is 289 g/mol. The smallest absolute Gasteiger partial charge is 0.271 e. The molecule has 0 saturated carbocycles. The topological polar surface area (TPSA) is 78.7 Å². The lowest BCUT2D eigenvalue weighted by Gasteiger charge is -2.27. The zero-order chi connectivity index (χ0) is 16.8. The maximum absolute atomic E-state index is 12.3. The normalized spacial score (nSPS) is 12.1. The van der Waals surface area contributed by atoms with Crippen LogP contribution in [0, 0.1) is 11.8 Å². The van der Waals surface area contributed by atoms with Crippen molar-refractivity contribution in [1.82, 2.24) is 15.4 Å². The molecule has 0 fully saturated rings. The largest absolute Gasteiger partial charge is 0.472 e. The molecule has 0 unspecified atom stereocenters. The predicted octanol–water partition coefficient (Wildman–Crippen LogP) is 0.896. The van der Waals surface area contributed by atoms with Crippen LogP contribution >= 0.6 is 0 Å². The molecule has 0 spiro atoms. The number of rotatable bonds is 6. The van der Waals surface area contributed by atoms with Gasteiger partial charge in [-0.1, -0.05) is 27.7 Å². The minimum Gasteiger partial charge on any atom is -0.271 e. The van der Waals surface area contributed by atoms with Crippen molar-refractivity contribution in [2.24, 2.45) is 17.7 Å². The molecule has 0 bridgehead atoms. The van der Waals surface area contributed by atoms with Crippen LogP contribution in [0.4, 0.5) is 13.2 Å². The average Bonchev–Trinajstić information content (AvgIpc) is 2.24. The van der Waals surface area contributed by atoms with Gasteiger partial charge in [-0.2, -0.15) is 13.2 Å². The molecule has 3 N–H and O–H groups in total. The number of halogens is 3. The number of amides is 2. The van der Waals surface area contributed by atoms with Crippen LogP contribution in [0.5, 0.6) is 0 Å². The van der Waals surface area contributed by atoms with Gasteiger partial charge in [0.2, 0.25) is 0 Å². The third-order valence-corrected chi connectivity index (χ3v) is 2.28. The van der Waals surface area contributed by atoms with Crippen molar-refractivity contribution < 1.29 is 22.8 Å². The molecule has 2 amide bonds. The molecule has 0 saturated heterocycles. The van der Waals surface area contributed by atoms with E-state index in [9.17, 15) is 22.8 Å². The predicted molar refractivity (Wildman–Crippen MR) is 71.3 cm³/mol. The Morgan fingerprint density at radius 2 is 1.57 bits per heavy atom. The van der Waals surface area contributed by atoms with Crippen molar-refractivity contribution >= 4 is 11.8 Å². The van der Waals surface area contributed by atoms with Gasteiger partial charge in [-0.05, 0) is 11.8 Å².